The Morgan fingerprint density at radius 1 is 1.09 bits per heavy atom. The Morgan fingerprint density at radius 3 is 2.48 bits per heavy atom. The molecule has 1 saturated heterocycles. The highest BCUT2D eigenvalue weighted by atomic mass is 35.5. The number of phenolic OH excluding ortho intramolecular Hbond substituents is 1. The van der Waals surface area contributed by atoms with Gasteiger partial charge >= 0.3 is 0 Å². The van der Waals surface area contributed by atoms with Crippen LogP contribution in [0.5, 0.6) is 11.5 Å². The van der Waals surface area contributed by atoms with E-state index in [9.17, 15) is 24.2 Å². The lowest BCUT2D eigenvalue weighted by Crippen LogP contribution is -2.29. The molecule has 1 heterocycles. The van der Waals surface area contributed by atoms with E-state index >= 15 is 0 Å². The number of anilines is 1. The number of aliphatic hydroxyl groups is 1. The van der Waals surface area contributed by atoms with Crippen molar-refractivity contribution in [2.45, 2.75) is 13.0 Å². The van der Waals surface area contributed by atoms with E-state index in [0.717, 1.165) is 11.0 Å². The second-order valence-electron chi connectivity index (χ2n) is 7.32. The molecule has 1 fully saturated rings. The van der Waals surface area contributed by atoms with Crippen LogP contribution >= 0.6 is 11.6 Å². The number of halogens is 2. The van der Waals surface area contributed by atoms with Crippen molar-refractivity contribution in [2.24, 2.45) is 0 Å². The van der Waals surface area contributed by atoms with Gasteiger partial charge in [-0.25, -0.2) is 4.39 Å². The molecule has 1 unspecified atom stereocenters. The third-order valence-electron chi connectivity index (χ3n) is 5.24. The molecule has 33 heavy (non-hydrogen) atoms. The number of Topliss-reactive ketones (excluding diaryl/α,β-unsaturated/α-hetero) is 1. The number of aromatic hydroxyl groups is 1. The minimum atomic E-state index is -1.06. The molecule has 3 aromatic carbocycles. The van der Waals surface area contributed by atoms with E-state index in [1.54, 1.807) is 6.92 Å². The molecule has 4 rings (SSSR count). The third-order valence-corrected chi connectivity index (χ3v) is 5.56. The predicted octanol–water partition coefficient (Wildman–Crippen LogP) is 5.21. The topological polar surface area (TPSA) is 87.1 Å². The van der Waals surface area contributed by atoms with Crippen LogP contribution in [0.4, 0.5) is 10.1 Å². The van der Waals surface area contributed by atoms with Gasteiger partial charge in [-0.2, -0.15) is 0 Å². The highest BCUT2D eigenvalue weighted by Crippen LogP contribution is 2.43. The highest BCUT2D eigenvalue weighted by molar-refractivity contribution is 6.51. The molecule has 0 spiro atoms. The summed E-state index contributed by atoms with van der Waals surface area (Å²) >= 11 is 6.14. The van der Waals surface area contributed by atoms with Gasteiger partial charge < -0.3 is 14.9 Å². The second-order valence-corrected chi connectivity index (χ2v) is 7.73. The number of rotatable bonds is 5. The summed E-state index contributed by atoms with van der Waals surface area (Å²) in [6.45, 7) is 2.11. The van der Waals surface area contributed by atoms with Crippen molar-refractivity contribution in [1.29, 1.82) is 0 Å². The van der Waals surface area contributed by atoms with Crippen molar-refractivity contribution in [3.05, 3.63) is 94.3 Å². The molecule has 1 atom stereocenters. The molecule has 8 heteroatoms. The first-order valence-electron chi connectivity index (χ1n) is 10.1. The number of ether oxygens (including phenoxy) is 1. The van der Waals surface area contributed by atoms with Crippen molar-refractivity contribution >= 4 is 34.7 Å². The van der Waals surface area contributed by atoms with Gasteiger partial charge in [0.2, 0.25) is 0 Å². The van der Waals surface area contributed by atoms with E-state index < -0.39 is 29.3 Å². The maximum atomic E-state index is 14.0. The molecule has 1 aliphatic heterocycles. The van der Waals surface area contributed by atoms with E-state index in [4.69, 9.17) is 16.3 Å². The van der Waals surface area contributed by atoms with Crippen LogP contribution in [0.25, 0.3) is 5.76 Å². The van der Waals surface area contributed by atoms with Crippen LogP contribution in [-0.2, 0) is 9.59 Å². The summed E-state index contributed by atoms with van der Waals surface area (Å²) in [6, 6.07) is 14.6. The quantitative estimate of drug-likeness (QED) is 0.305. The number of phenols is 1. The Bertz CT molecular complexity index is 1270. The summed E-state index contributed by atoms with van der Waals surface area (Å²) in [5, 5.41) is 21.2. The number of amides is 1. The number of carbonyl (C=O) groups is 2. The molecule has 0 aliphatic carbocycles. The third kappa shape index (κ3) is 4.15. The van der Waals surface area contributed by atoms with E-state index in [1.807, 2.05) is 0 Å². The standard InChI is InChI=1S/C25H19ClFNO5/c1-2-33-20-12-15(8-11-19(20)26)23(30)21-22(14-6-9-18(29)10-7-14)28(25(32)24(21)31)17-5-3-4-16(27)13-17/h3-13,22,29-30H,2H2,1H3/b23-21+. The van der Waals surface area contributed by atoms with Crippen LogP contribution in [0.2, 0.25) is 5.02 Å². The highest BCUT2D eigenvalue weighted by Gasteiger charge is 2.47. The average Bonchev–Trinajstić information content (AvgIpc) is 3.06. The van der Waals surface area contributed by atoms with Gasteiger partial charge in [-0.3, -0.25) is 14.5 Å². The predicted molar refractivity (Wildman–Crippen MR) is 122 cm³/mol. The number of benzene rings is 3. The summed E-state index contributed by atoms with van der Waals surface area (Å²) < 4.78 is 19.4. The molecule has 168 valence electrons. The van der Waals surface area contributed by atoms with Crippen LogP contribution in [0.15, 0.2) is 72.3 Å². The zero-order valence-corrected chi connectivity index (χ0v) is 18.2. The Morgan fingerprint density at radius 2 is 1.82 bits per heavy atom. The normalized spacial score (nSPS) is 17.4. The van der Waals surface area contributed by atoms with Crippen molar-refractivity contribution in [3.8, 4) is 11.5 Å². The first-order chi connectivity index (χ1) is 15.8. The molecule has 0 bridgehead atoms. The Labute approximate surface area is 194 Å². The van der Waals surface area contributed by atoms with Crippen molar-refractivity contribution in [1.82, 2.24) is 0 Å². The number of hydrogen-bond acceptors (Lipinski definition) is 5. The average molecular weight is 468 g/mol. The SMILES string of the molecule is CCOc1cc(/C(O)=C2\C(=O)C(=O)N(c3cccc(F)c3)C2c2ccc(O)cc2)ccc1Cl. The zero-order valence-electron chi connectivity index (χ0n) is 17.5. The van der Waals surface area contributed by atoms with Gasteiger partial charge in [0, 0.05) is 11.3 Å². The summed E-state index contributed by atoms with van der Waals surface area (Å²) in [4.78, 5) is 27.3. The number of nitrogens with zero attached hydrogens (tertiary/aromatic N) is 1. The smallest absolute Gasteiger partial charge is 0.300 e. The molecule has 3 aromatic rings. The first kappa shape index (κ1) is 22.4. The molecule has 1 aliphatic rings. The number of carbonyl (C=O) groups excluding carboxylic acids is 2. The zero-order chi connectivity index (χ0) is 23.7. The van der Waals surface area contributed by atoms with Crippen molar-refractivity contribution in [3.63, 3.8) is 0 Å². The van der Waals surface area contributed by atoms with Gasteiger partial charge in [0.05, 0.1) is 23.2 Å². The fraction of sp³-hybridized carbons (Fsp3) is 0.120. The molecular formula is C25H19ClFNO5. The van der Waals surface area contributed by atoms with Gasteiger partial charge in [0.1, 0.15) is 23.1 Å². The number of aliphatic hydroxyl groups excluding tert-OH is 1. The van der Waals surface area contributed by atoms with Gasteiger partial charge in [-0.15, -0.1) is 0 Å². The molecule has 1 amide bonds. The van der Waals surface area contributed by atoms with Crippen LogP contribution in [0, 0.1) is 5.82 Å². The van der Waals surface area contributed by atoms with Crippen molar-refractivity contribution in [2.75, 3.05) is 11.5 Å². The molecule has 0 aromatic heterocycles. The maximum absolute atomic E-state index is 14.0. The molecule has 6 nitrogen and oxygen atoms in total. The summed E-state index contributed by atoms with van der Waals surface area (Å²) in [5.41, 5.74) is 0.640. The van der Waals surface area contributed by atoms with Crippen LogP contribution in [0.1, 0.15) is 24.1 Å². The van der Waals surface area contributed by atoms with E-state index in [-0.39, 0.29) is 22.6 Å². The van der Waals surface area contributed by atoms with Gasteiger partial charge in [0.25, 0.3) is 11.7 Å². The van der Waals surface area contributed by atoms with Crippen LogP contribution in [0.3, 0.4) is 0 Å². The number of ketones is 1. The summed E-state index contributed by atoms with van der Waals surface area (Å²) in [7, 11) is 0. The van der Waals surface area contributed by atoms with Crippen LogP contribution in [-0.4, -0.2) is 28.5 Å². The van der Waals surface area contributed by atoms with Crippen molar-refractivity contribution < 1.29 is 28.9 Å². The summed E-state index contributed by atoms with van der Waals surface area (Å²) in [5.74, 6) is -2.56. The Hall–Kier alpha value is -3.84. The van der Waals surface area contributed by atoms with Gasteiger partial charge in [-0.05, 0) is 61.0 Å². The lowest BCUT2D eigenvalue weighted by molar-refractivity contribution is -0.132. The fourth-order valence-electron chi connectivity index (χ4n) is 3.77. The molecular weight excluding hydrogens is 449 g/mol. The minimum absolute atomic E-state index is 0.0134. The van der Waals surface area contributed by atoms with Gasteiger partial charge in [-0.1, -0.05) is 29.8 Å². The lowest BCUT2D eigenvalue weighted by atomic mass is 9.95. The molecule has 0 saturated carbocycles. The molecule has 0 radical (unpaired) electrons. The minimum Gasteiger partial charge on any atom is -0.508 e. The van der Waals surface area contributed by atoms with E-state index in [2.05, 4.69) is 0 Å². The van der Waals surface area contributed by atoms with E-state index in [1.165, 1.54) is 60.7 Å². The summed E-state index contributed by atoms with van der Waals surface area (Å²) in [6.07, 6.45) is 0. The largest absolute Gasteiger partial charge is 0.508 e. The second kappa shape index (κ2) is 8.96. The first-order valence-corrected chi connectivity index (χ1v) is 10.5. The maximum Gasteiger partial charge on any atom is 0.300 e. The Kier molecular flexibility index (Phi) is 6.07. The fourth-order valence-corrected chi connectivity index (χ4v) is 3.94. The Balaban J connectivity index is 1.93. The van der Waals surface area contributed by atoms with Gasteiger partial charge in [0.15, 0.2) is 0 Å². The van der Waals surface area contributed by atoms with Crippen LogP contribution < -0.4 is 9.64 Å². The lowest BCUT2D eigenvalue weighted by Gasteiger charge is -2.25. The molecule has 2 N–H and O–H groups in total. The number of hydrogen-bond donors (Lipinski definition) is 2. The monoisotopic (exact) mass is 467 g/mol. The van der Waals surface area contributed by atoms with E-state index in [0.29, 0.717) is 22.9 Å².